The molecule has 5 nitrogen and oxygen atoms in total. The highest BCUT2D eigenvalue weighted by molar-refractivity contribution is 6.03. The zero-order valence-electron chi connectivity index (χ0n) is 13.0. The van der Waals surface area contributed by atoms with Crippen molar-refractivity contribution in [3.63, 3.8) is 0 Å². The van der Waals surface area contributed by atoms with Crippen LogP contribution in [0.25, 0.3) is 0 Å². The van der Waals surface area contributed by atoms with E-state index >= 15 is 0 Å². The molecule has 6 heteroatoms. The second-order valence-electron chi connectivity index (χ2n) is 5.21. The minimum atomic E-state index is -0.372. The second kappa shape index (κ2) is 7.23. The number of carbonyl (C=O) groups excluding carboxylic acids is 1. The molecule has 0 radical (unpaired) electrons. The van der Waals surface area contributed by atoms with Crippen molar-refractivity contribution in [2.45, 2.75) is 0 Å². The number of rotatable bonds is 4. The van der Waals surface area contributed by atoms with Crippen LogP contribution in [-0.2, 0) is 0 Å². The molecule has 0 spiro atoms. The molecule has 0 atom stereocenters. The van der Waals surface area contributed by atoms with Crippen LogP contribution in [0.3, 0.4) is 0 Å². The predicted molar refractivity (Wildman–Crippen MR) is 93.0 cm³/mol. The van der Waals surface area contributed by atoms with Crippen LogP contribution < -0.4 is 10.6 Å². The molecule has 0 aliphatic rings. The van der Waals surface area contributed by atoms with Crippen molar-refractivity contribution < 1.29 is 9.18 Å². The van der Waals surface area contributed by atoms with Crippen LogP contribution in [0.5, 0.6) is 0 Å². The first-order chi connectivity index (χ1) is 12.1. The normalized spacial score (nSPS) is 9.92. The minimum Gasteiger partial charge on any atom is -0.354 e. The van der Waals surface area contributed by atoms with Crippen molar-refractivity contribution in [2.24, 2.45) is 0 Å². The molecule has 0 unspecified atom stereocenters. The summed E-state index contributed by atoms with van der Waals surface area (Å²) in [6.07, 6.45) is 1.52. The molecular formula is C19H13FN4O. The second-order valence-corrected chi connectivity index (χ2v) is 5.21. The average molecular weight is 332 g/mol. The molecular weight excluding hydrogens is 319 g/mol. The van der Waals surface area contributed by atoms with Crippen LogP contribution in [0.1, 0.15) is 16.1 Å². The fourth-order valence-electron chi connectivity index (χ4n) is 2.16. The number of benzene rings is 2. The summed E-state index contributed by atoms with van der Waals surface area (Å²) in [6.45, 7) is 0. The molecule has 2 aromatic carbocycles. The van der Waals surface area contributed by atoms with Crippen molar-refractivity contribution in [3.05, 3.63) is 83.9 Å². The van der Waals surface area contributed by atoms with E-state index in [2.05, 4.69) is 15.6 Å². The van der Waals surface area contributed by atoms with Crippen molar-refractivity contribution in [2.75, 3.05) is 10.6 Å². The lowest BCUT2D eigenvalue weighted by molar-refractivity contribution is 0.102. The highest BCUT2D eigenvalue weighted by Gasteiger charge is 2.08. The Morgan fingerprint density at radius 1 is 1.00 bits per heavy atom. The summed E-state index contributed by atoms with van der Waals surface area (Å²) in [5.74, 6) is -0.681. The first-order valence-electron chi connectivity index (χ1n) is 7.44. The van der Waals surface area contributed by atoms with E-state index in [0.29, 0.717) is 22.6 Å². The van der Waals surface area contributed by atoms with Crippen LogP contribution in [0.4, 0.5) is 21.5 Å². The van der Waals surface area contributed by atoms with Gasteiger partial charge in [0, 0.05) is 11.4 Å². The van der Waals surface area contributed by atoms with Gasteiger partial charge in [0.2, 0.25) is 0 Å². The van der Waals surface area contributed by atoms with E-state index in [0.717, 1.165) is 0 Å². The fraction of sp³-hybridized carbons (Fsp3) is 0. The smallest absolute Gasteiger partial charge is 0.274 e. The first kappa shape index (κ1) is 16.1. The van der Waals surface area contributed by atoms with Gasteiger partial charge in [-0.15, -0.1) is 0 Å². The third kappa shape index (κ3) is 4.18. The number of pyridine rings is 1. The van der Waals surface area contributed by atoms with Crippen LogP contribution in [-0.4, -0.2) is 10.9 Å². The molecule has 0 saturated heterocycles. The SMILES string of the molecule is N#Cc1cccc(NC(=O)c2ccc(Nc3ccc(F)cc3)cn2)c1. The summed E-state index contributed by atoms with van der Waals surface area (Å²) in [6, 6.07) is 17.9. The van der Waals surface area contributed by atoms with Gasteiger partial charge in [0.1, 0.15) is 11.5 Å². The van der Waals surface area contributed by atoms with Crippen LogP contribution in [0.15, 0.2) is 66.9 Å². The number of anilines is 3. The molecule has 1 aromatic heterocycles. The number of halogens is 1. The molecule has 3 aromatic rings. The van der Waals surface area contributed by atoms with E-state index in [-0.39, 0.29) is 17.4 Å². The molecule has 25 heavy (non-hydrogen) atoms. The van der Waals surface area contributed by atoms with Gasteiger partial charge in [-0.25, -0.2) is 9.37 Å². The van der Waals surface area contributed by atoms with Crippen LogP contribution >= 0.6 is 0 Å². The molecule has 0 aliphatic heterocycles. The Bertz CT molecular complexity index is 931. The van der Waals surface area contributed by atoms with Crippen molar-refractivity contribution in [3.8, 4) is 6.07 Å². The number of amides is 1. The van der Waals surface area contributed by atoms with Gasteiger partial charge >= 0.3 is 0 Å². The number of aromatic nitrogens is 1. The fourth-order valence-corrected chi connectivity index (χ4v) is 2.16. The summed E-state index contributed by atoms with van der Waals surface area (Å²) < 4.78 is 12.9. The number of nitrogens with zero attached hydrogens (tertiary/aromatic N) is 2. The summed E-state index contributed by atoms with van der Waals surface area (Å²) >= 11 is 0. The van der Waals surface area contributed by atoms with E-state index in [4.69, 9.17) is 5.26 Å². The van der Waals surface area contributed by atoms with E-state index < -0.39 is 0 Å². The Morgan fingerprint density at radius 3 is 2.44 bits per heavy atom. The Kier molecular flexibility index (Phi) is 4.67. The summed E-state index contributed by atoms with van der Waals surface area (Å²) in [7, 11) is 0. The number of carbonyl (C=O) groups is 1. The van der Waals surface area contributed by atoms with E-state index in [1.807, 2.05) is 6.07 Å². The van der Waals surface area contributed by atoms with Gasteiger partial charge in [0.15, 0.2) is 0 Å². The quantitative estimate of drug-likeness (QED) is 0.754. The standard InChI is InChI=1S/C19H13FN4O/c20-14-4-6-15(7-5-14)23-17-8-9-18(22-12-17)19(25)24-16-3-1-2-13(10-16)11-21/h1-10,12,23H,(H,24,25). The lowest BCUT2D eigenvalue weighted by atomic mass is 10.2. The summed E-state index contributed by atoms with van der Waals surface area (Å²) in [5, 5.41) is 14.6. The van der Waals surface area contributed by atoms with Crippen molar-refractivity contribution in [1.29, 1.82) is 5.26 Å². The molecule has 0 bridgehead atoms. The van der Waals surface area contributed by atoms with Gasteiger partial charge in [0.25, 0.3) is 5.91 Å². The van der Waals surface area contributed by atoms with Crippen LogP contribution in [0, 0.1) is 17.1 Å². The average Bonchev–Trinajstić information content (AvgIpc) is 2.64. The highest BCUT2D eigenvalue weighted by Crippen LogP contribution is 2.17. The van der Waals surface area contributed by atoms with Crippen LogP contribution in [0.2, 0.25) is 0 Å². The van der Waals surface area contributed by atoms with Gasteiger partial charge in [0.05, 0.1) is 23.5 Å². The molecule has 0 aliphatic carbocycles. The Morgan fingerprint density at radius 2 is 1.76 bits per heavy atom. The van der Waals surface area contributed by atoms with Gasteiger partial charge in [-0.2, -0.15) is 5.26 Å². The molecule has 2 N–H and O–H groups in total. The molecule has 1 amide bonds. The first-order valence-corrected chi connectivity index (χ1v) is 7.44. The number of hydrogen-bond donors (Lipinski definition) is 2. The molecule has 0 saturated carbocycles. The lowest BCUT2D eigenvalue weighted by Gasteiger charge is -2.08. The predicted octanol–water partition coefficient (Wildman–Crippen LogP) is 4.09. The molecule has 0 fully saturated rings. The maximum absolute atomic E-state index is 12.9. The Hall–Kier alpha value is -3.72. The molecule has 3 rings (SSSR count). The van der Waals surface area contributed by atoms with Gasteiger partial charge in [-0.3, -0.25) is 4.79 Å². The van der Waals surface area contributed by atoms with Gasteiger partial charge in [-0.1, -0.05) is 6.07 Å². The van der Waals surface area contributed by atoms with Crippen molar-refractivity contribution >= 4 is 23.0 Å². The zero-order chi connectivity index (χ0) is 17.6. The summed E-state index contributed by atoms with van der Waals surface area (Å²) in [5.41, 5.74) is 2.62. The van der Waals surface area contributed by atoms with Crippen molar-refractivity contribution in [1.82, 2.24) is 4.98 Å². The maximum atomic E-state index is 12.9. The van der Waals surface area contributed by atoms with E-state index in [1.165, 1.54) is 18.3 Å². The Labute approximate surface area is 143 Å². The lowest BCUT2D eigenvalue weighted by Crippen LogP contribution is -2.13. The van der Waals surface area contributed by atoms with Gasteiger partial charge in [-0.05, 0) is 54.6 Å². The number of hydrogen-bond acceptors (Lipinski definition) is 4. The maximum Gasteiger partial charge on any atom is 0.274 e. The monoisotopic (exact) mass is 332 g/mol. The van der Waals surface area contributed by atoms with Gasteiger partial charge < -0.3 is 10.6 Å². The third-order valence-corrected chi connectivity index (χ3v) is 3.38. The Balaban J connectivity index is 1.68. The number of nitrogens with one attached hydrogen (secondary N) is 2. The largest absolute Gasteiger partial charge is 0.354 e. The third-order valence-electron chi connectivity index (χ3n) is 3.38. The topological polar surface area (TPSA) is 77.8 Å². The number of nitriles is 1. The summed E-state index contributed by atoms with van der Waals surface area (Å²) in [4.78, 5) is 16.3. The highest BCUT2D eigenvalue weighted by atomic mass is 19.1. The van der Waals surface area contributed by atoms with E-state index in [1.54, 1.807) is 48.5 Å². The zero-order valence-corrected chi connectivity index (χ0v) is 13.0. The minimum absolute atomic E-state index is 0.243. The van der Waals surface area contributed by atoms with E-state index in [9.17, 15) is 9.18 Å². The molecule has 1 heterocycles. The molecule has 122 valence electrons.